The van der Waals surface area contributed by atoms with Crippen molar-refractivity contribution < 1.29 is 13.5 Å². The average molecular weight is 350 g/mol. The van der Waals surface area contributed by atoms with Gasteiger partial charge in [0, 0.05) is 32.0 Å². The number of aliphatic hydroxyl groups excluding tert-OH is 1. The van der Waals surface area contributed by atoms with Crippen LogP contribution in [0.2, 0.25) is 0 Å². The summed E-state index contributed by atoms with van der Waals surface area (Å²) in [5, 5.41) is 15.6. The largest absolute Gasteiger partial charge is 0.396 e. The Morgan fingerprint density at radius 3 is 2.35 bits per heavy atom. The van der Waals surface area contributed by atoms with E-state index in [4.69, 9.17) is 0 Å². The van der Waals surface area contributed by atoms with Gasteiger partial charge in [-0.2, -0.15) is 0 Å². The maximum atomic E-state index is 11.2. The maximum Gasteiger partial charge on any atom is 0.191 e. The third-order valence-corrected chi connectivity index (χ3v) is 4.48. The van der Waals surface area contributed by atoms with Gasteiger partial charge in [0.05, 0.1) is 5.75 Å². The number of hydrogen-bond donors (Lipinski definition) is 3. The van der Waals surface area contributed by atoms with Crippen LogP contribution in [0.3, 0.4) is 0 Å². The van der Waals surface area contributed by atoms with Crippen LogP contribution in [0, 0.1) is 11.8 Å². The summed E-state index contributed by atoms with van der Waals surface area (Å²) >= 11 is 0. The summed E-state index contributed by atoms with van der Waals surface area (Å²) < 4.78 is 22.5. The molecule has 2 atom stereocenters. The summed E-state index contributed by atoms with van der Waals surface area (Å²) in [6.07, 6.45) is 3.59. The monoisotopic (exact) mass is 349 g/mol. The highest BCUT2D eigenvalue weighted by Crippen LogP contribution is 2.15. The predicted octanol–water partition coefficient (Wildman–Crippen LogP) is 1.41. The van der Waals surface area contributed by atoms with Gasteiger partial charge in [-0.05, 0) is 44.9 Å². The van der Waals surface area contributed by atoms with Crippen LogP contribution in [0.25, 0.3) is 0 Å². The molecule has 0 aromatic heterocycles. The zero-order chi connectivity index (χ0) is 17.9. The van der Waals surface area contributed by atoms with Gasteiger partial charge in [0.2, 0.25) is 0 Å². The molecule has 0 aliphatic carbocycles. The predicted molar refractivity (Wildman–Crippen MR) is 97.6 cm³/mol. The fraction of sp³-hybridized carbons (Fsp3) is 0.938. The maximum absolute atomic E-state index is 11.2. The summed E-state index contributed by atoms with van der Waals surface area (Å²) in [5.41, 5.74) is 0. The van der Waals surface area contributed by atoms with Crippen molar-refractivity contribution in [2.45, 2.75) is 53.0 Å². The van der Waals surface area contributed by atoms with E-state index in [1.54, 1.807) is 0 Å². The van der Waals surface area contributed by atoms with Gasteiger partial charge in [-0.3, -0.25) is 4.99 Å². The minimum Gasteiger partial charge on any atom is -0.396 e. The molecule has 0 fully saturated rings. The SMILES string of the molecule is CCNC(=NCC(CCO)CC(C)C)NC(C)CCS(C)(=O)=O. The Morgan fingerprint density at radius 2 is 1.87 bits per heavy atom. The lowest BCUT2D eigenvalue weighted by molar-refractivity contribution is 0.245. The van der Waals surface area contributed by atoms with E-state index in [1.807, 2.05) is 13.8 Å². The molecular weight excluding hydrogens is 314 g/mol. The first-order valence-electron chi connectivity index (χ1n) is 8.51. The quantitative estimate of drug-likeness (QED) is 0.387. The van der Waals surface area contributed by atoms with Crippen molar-refractivity contribution in [1.82, 2.24) is 10.6 Å². The fourth-order valence-electron chi connectivity index (χ4n) is 2.37. The Labute approximate surface area is 142 Å². The third kappa shape index (κ3) is 13.3. The number of rotatable bonds is 11. The highest BCUT2D eigenvalue weighted by molar-refractivity contribution is 7.90. The third-order valence-electron chi connectivity index (χ3n) is 3.50. The highest BCUT2D eigenvalue weighted by atomic mass is 32.2. The van der Waals surface area contributed by atoms with Crippen LogP contribution in [0.1, 0.15) is 47.0 Å². The molecule has 6 nitrogen and oxygen atoms in total. The molecule has 0 aliphatic rings. The minimum atomic E-state index is -2.94. The van der Waals surface area contributed by atoms with E-state index < -0.39 is 9.84 Å². The number of sulfone groups is 1. The van der Waals surface area contributed by atoms with Gasteiger partial charge < -0.3 is 15.7 Å². The average Bonchev–Trinajstić information content (AvgIpc) is 2.41. The zero-order valence-electron chi connectivity index (χ0n) is 15.3. The Morgan fingerprint density at radius 1 is 1.22 bits per heavy atom. The lowest BCUT2D eigenvalue weighted by Gasteiger charge is -2.20. The molecule has 0 saturated carbocycles. The molecule has 23 heavy (non-hydrogen) atoms. The number of nitrogens with one attached hydrogen (secondary N) is 2. The highest BCUT2D eigenvalue weighted by Gasteiger charge is 2.12. The molecule has 0 spiro atoms. The summed E-state index contributed by atoms with van der Waals surface area (Å²) in [6, 6.07) is 0.0314. The van der Waals surface area contributed by atoms with Crippen LogP contribution in [0.15, 0.2) is 4.99 Å². The van der Waals surface area contributed by atoms with Crippen LogP contribution in [0.4, 0.5) is 0 Å². The normalized spacial score (nSPS) is 15.5. The number of aliphatic hydroxyl groups is 1. The van der Waals surface area contributed by atoms with E-state index in [-0.39, 0.29) is 18.4 Å². The molecule has 138 valence electrons. The summed E-state index contributed by atoms with van der Waals surface area (Å²) in [5.74, 6) is 1.81. The van der Waals surface area contributed by atoms with E-state index in [0.717, 1.165) is 19.4 Å². The van der Waals surface area contributed by atoms with Gasteiger partial charge in [-0.1, -0.05) is 13.8 Å². The number of aliphatic imine (C=N–C) groups is 1. The molecule has 0 amide bonds. The topological polar surface area (TPSA) is 90.8 Å². The number of nitrogens with zero attached hydrogens (tertiary/aromatic N) is 1. The second-order valence-corrected chi connectivity index (χ2v) is 8.95. The first-order valence-corrected chi connectivity index (χ1v) is 10.6. The molecule has 7 heteroatoms. The molecule has 0 bridgehead atoms. The zero-order valence-corrected chi connectivity index (χ0v) is 16.1. The first kappa shape index (κ1) is 22.2. The number of hydrogen-bond acceptors (Lipinski definition) is 4. The van der Waals surface area contributed by atoms with Crippen LogP contribution in [-0.2, 0) is 9.84 Å². The standard InChI is InChI=1S/C16H35N3O3S/c1-6-17-16(19-14(4)8-10-23(5,21)22)18-12-15(7-9-20)11-13(2)3/h13-15,20H,6-12H2,1-5H3,(H2,17,18,19). The van der Waals surface area contributed by atoms with Gasteiger partial charge in [0.1, 0.15) is 9.84 Å². The summed E-state index contributed by atoms with van der Waals surface area (Å²) in [6.45, 7) is 9.89. The number of guanidine groups is 1. The van der Waals surface area contributed by atoms with E-state index >= 15 is 0 Å². The fourth-order valence-corrected chi connectivity index (χ4v) is 3.15. The molecule has 0 radical (unpaired) electrons. The van der Waals surface area contributed by atoms with Gasteiger partial charge in [-0.25, -0.2) is 8.42 Å². The second-order valence-electron chi connectivity index (χ2n) is 6.69. The molecule has 0 aromatic carbocycles. The Kier molecular flexibility index (Phi) is 11.3. The Balaban J connectivity index is 4.61. The molecule has 0 aliphatic heterocycles. The van der Waals surface area contributed by atoms with Gasteiger partial charge in [0.15, 0.2) is 5.96 Å². The Hall–Kier alpha value is -0.820. The van der Waals surface area contributed by atoms with Crippen molar-refractivity contribution in [3.8, 4) is 0 Å². The van der Waals surface area contributed by atoms with E-state index in [9.17, 15) is 13.5 Å². The molecule has 3 N–H and O–H groups in total. The lowest BCUT2D eigenvalue weighted by Crippen LogP contribution is -2.43. The van der Waals surface area contributed by atoms with Crippen molar-refractivity contribution in [2.24, 2.45) is 16.8 Å². The van der Waals surface area contributed by atoms with E-state index in [1.165, 1.54) is 6.26 Å². The van der Waals surface area contributed by atoms with Gasteiger partial charge >= 0.3 is 0 Å². The Bertz CT molecular complexity index is 436. The van der Waals surface area contributed by atoms with Crippen molar-refractivity contribution in [3.05, 3.63) is 0 Å². The smallest absolute Gasteiger partial charge is 0.191 e. The van der Waals surface area contributed by atoms with Crippen LogP contribution < -0.4 is 10.6 Å². The molecule has 0 heterocycles. The van der Waals surface area contributed by atoms with Crippen molar-refractivity contribution in [2.75, 3.05) is 31.7 Å². The van der Waals surface area contributed by atoms with E-state index in [2.05, 4.69) is 29.5 Å². The lowest BCUT2D eigenvalue weighted by atomic mass is 9.94. The van der Waals surface area contributed by atoms with E-state index in [0.29, 0.717) is 30.8 Å². The van der Waals surface area contributed by atoms with Gasteiger partial charge in [0.25, 0.3) is 0 Å². The summed E-state index contributed by atoms with van der Waals surface area (Å²) in [7, 11) is -2.94. The summed E-state index contributed by atoms with van der Waals surface area (Å²) in [4.78, 5) is 4.60. The van der Waals surface area contributed by atoms with Crippen molar-refractivity contribution >= 4 is 15.8 Å². The van der Waals surface area contributed by atoms with Gasteiger partial charge in [-0.15, -0.1) is 0 Å². The van der Waals surface area contributed by atoms with Crippen LogP contribution in [0.5, 0.6) is 0 Å². The molecule has 0 rings (SSSR count). The second kappa shape index (κ2) is 11.7. The van der Waals surface area contributed by atoms with Crippen molar-refractivity contribution in [1.29, 1.82) is 0 Å². The molecule has 2 unspecified atom stereocenters. The van der Waals surface area contributed by atoms with Crippen LogP contribution >= 0.6 is 0 Å². The minimum absolute atomic E-state index is 0.0314. The van der Waals surface area contributed by atoms with Crippen molar-refractivity contribution in [3.63, 3.8) is 0 Å². The molecule has 0 aromatic rings. The van der Waals surface area contributed by atoms with Crippen LogP contribution in [-0.4, -0.2) is 57.2 Å². The molecule has 0 saturated heterocycles. The first-order chi connectivity index (χ1) is 10.7. The molecular formula is C16H35N3O3S.